The highest BCUT2D eigenvalue weighted by atomic mass is 32.2. The van der Waals surface area contributed by atoms with Gasteiger partial charge in [0.25, 0.3) is 0 Å². The molecule has 0 saturated carbocycles. The molecule has 24 heavy (non-hydrogen) atoms. The Morgan fingerprint density at radius 1 is 1.38 bits per heavy atom. The number of carbonyl (C=O) groups is 3. The van der Waals surface area contributed by atoms with Crippen LogP contribution in [0.1, 0.15) is 17.9 Å². The van der Waals surface area contributed by atoms with Crippen LogP contribution in [0.4, 0.5) is 0 Å². The predicted molar refractivity (Wildman–Crippen MR) is 89.4 cm³/mol. The van der Waals surface area contributed by atoms with Gasteiger partial charge in [0.05, 0.1) is 0 Å². The summed E-state index contributed by atoms with van der Waals surface area (Å²) in [5.74, 6) is -1.59. The first-order chi connectivity index (χ1) is 11.5. The lowest BCUT2D eigenvalue weighted by atomic mass is 10.1. The summed E-state index contributed by atoms with van der Waals surface area (Å²) in [6.45, 7) is 1.39. The van der Waals surface area contributed by atoms with Gasteiger partial charge in [-0.1, -0.05) is 30.3 Å². The van der Waals surface area contributed by atoms with Gasteiger partial charge in [-0.3, -0.25) is 9.59 Å². The van der Waals surface area contributed by atoms with Crippen molar-refractivity contribution in [2.75, 3.05) is 19.5 Å². The molecule has 1 unspecified atom stereocenters. The minimum Gasteiger partial charge on any atom is -0.480 e. The number of rotatable bonds is 6. The number of carboxylic acids is 1. The van der Waals surface area contributed by atoms with Crippen molar-refractivity contribution in [1.82, 2.24) is 10.2 Å². The van der Waals surface area contributed by atoms with Gasteiger partial charge in [0, 0.05) is 12.9 Å². The standard InChI is InChI=1S/C16H20N2O5S/c1-10(17-13(19)8-23-2)14(20)18-12(16(21)22)9-24-15(18)11-6-4-3-5-7-11/h3-7,10,12,15H,8-9H2,1-2H3,(H,17,19)(H,21,22)/t10-,12-,15?/m0/s1. The van der Waals surface area contributed by atoms with Crippen LogP contribution in [-0.4, -0.2) is 59.3 Å². The van der Waals surface area contributed by atoms with Crippen molar-refractivity contribution >= 4 is 29.5 Å². The number of benzene rings is 1. The van der Waals surface area contributed by atoms with Gasteiger partial charge in [-0.2, -0.15) is 0 Å². The first-order valence-corrected chi connectivity index (χ1v) is 8.50. The molecule has 0 radical (unpaired) electrons. The van der Waals surface area contributed by atoms with Gasteiger partial charge >= 0.3 is 5.97 Å². The lowest BCUT2D eigenvalue weighted by Gasteiger charge is -2.30. The van der Waals surface area contributed by atoms with Crippen LogP contribution in [-0.2, 0) is 19.1 Å². The number of nitrogens with one attached hydrogen (secondary N) is 1. The zero-order chi connectivity index (χ0) is 17.7. The molecule has 8 heteroatoms. The van der Waals surface area contributed by atoms with E-state index in [1.54, 1.807) is 6.92 Å². The summed E-state index contributed by atoms with van der Waals surface area (Å²) in [7, 11) is 1.38. The molecular formula is C16H20N2O5S. The van der Waals surface area contributed by atoms with E-state index in [0.29, 0.717) is 5.75 Å². The maximum absolute atomic E-state index is 12.8. The molecule has 2 N–H and O–H groups in total. The lowest BCUT2D eigenvalue weighted by molar-refractivity contribution is -0.150. The molecule has 2 rings (SSSR count). The van der Waals surface area contributed by atoms with Crippen LogP contribution < -0.4 is 5.32 Å². The summed E-state index contributed by atoms with van der Waals surface area (Å²) in [6.07, 6.45) is 0. The second-order valence-corrected chi connectivity index (χ2v) is 6.53. The van der Waals surface area contributed by atoms with E-state index < -0.39 is 29.9 Å². The predicted octanol–water partition coefficient (Wildman–Crippen LogP) is 0.865. The summed E-state index contributed by atoms with van der Waals surface area (Å²) in [4.78, 5) is 37.3. The van der Waals surface area contributed by atoms with Gasteiger partial charge in [0.2, 0.25) is 11.8 Å². The van der Waals surface area contributed by atoms with Crippen molar-refractivity contribution in [3.8, 4) is 0 Å². The molecule has 130 valence electrons. The van der Waals surface area contributed by atoms with Crippen molar-refractivity contribution in [3.63, 3.8) is 0 Å². The normalized spacial score (nSPS) is 21.3. The smallest absolute Gasteiger partial charge is 0.327 e. The SMILES string of the molecule is COCC(=O)N[C@@H](C)C(=O)N1C(c2ccccc2)SC[C@H]1C(=O)O. The molecule has 7 nitrogen and oxygen atoms in total. The second-order valence-electron chi connectivity index (χ2n) is 5.42. The molecule has 1 aliphatic heterocycles. The van der Waals surface area contributed by atoms with Crippen molar-refractivity contribution in [1.29, 1.82) is 0 Å². The Labute approximate surface area is 144 Å². The van der Waals surface area contributed by atoms with E-state index >= 15 is 0 Å². The Morgan fingerprint density at radius 2 is 2.04 bits per heavy atom. The highest BCUT2D eigenvalue weighted by Gasteiger charge is 2.43. The topological polar surface area (TPSA) is 95.9 Å². The zero-order valence-electron chi connectivity index (χ0n) is 13.5. The molecule has 3 atom stereocenters. The second kappa shape index (κ2) is 8.16. The molecule has 1 aliphatic rings. The average Bonchev–Trinajstić information content (AvgIpc) is 3.00. The van der Waals surface area contributed by atoms with Crippen LogP contribution in [0, 0.1) is 0 Å². The number of amides is 2. The number of carboxylic acid groups (broad SMARTS) is 1. The van der Waals surface area contributed by atoms with E-state index in [9.17, 15) is 19.5 Å². The van der Waals surface area contributed by atoms with Gasteiger partial charge < -0.3 is 20.1 Å². The van der Waals surface area contributed by atoms with E-state index in [1.165, 1.54) is 23.8 Å². The Balaban J connectivity index is 2.21. The fraction of sp³-hybridized carbons (Fsp3) is 0.438. The van der Waals surface area contributed by atoms with Crippen molar-refractivity contribution < 1.29 is 24.2 Å². The van der Waals surface area contributed by atoms with E-state index in [4.69, 9.17) is 4.74 Å². The van der Waals surface area contributed by atoms with Crippen molar-refractivity contribution in [2.45, 2.75) is 24.4 Å². The third-order valence-electron chi connectivity index (χ3n) is 3.65. The van der Waals surface area contributed by atoms with Crippen molar-refractivity contribution in [2.24, 2.45) is 0 Å². The number of ether oxygens (including phenoxy) is 1. The summed E-state index contributed by atoms with van der Waals surface area (Å²) in [5.41, 5.74) is 0.856. The Hall–Kier alpha value is -2.06. The van der Waals surface area contributed by atoms with Gasteiger partial charge in [-0.25, -0.2) is 4.79 Å². The molecule has 0 aliphatic carbocycles. The van der Waals surface area contributed by atoms with Crippen LogP contribution in [0.5, 0.6) is 0 Å². The summed E-state index contributed by atoms with van der Waals surface area (Å²) in [6, 6.07) is 7.51. The third kappa shape index (κ3) is 4.07. The van der Waals surface area contributed by atoms with Gasteiger partial charge in [0.1, 0.15) is 24.1 Å². The number of hydrogen-bond acceptors (Lipinski definition) is 5. The fourth-order valence-electron chi connectivity index (χ4n) is 2.54. The minimum absolute atomic E-state index is 0.156. The number of carbonyl (C=O) groups excluding carboxylic acids is 2. The molecule has 1 aromatic carbocycles. The Morgan fingerprint density at radius 3 is 2.62 bits per heavy atom. The molecule has 1 fully saturated rings. The first kappa shape index (κ1) is 18.3. The average molecular weight is 352 g/mol. The van der Waals surface area contributed by atoms with E-state index in [2.05, 4.69) is 5.32 Å². The number of aliphatic carboxylic acids is 1. The summed E-state index contributed by atoms with van der Waals surface area (Å²) < 4.78 is 4.72. The number of nitrogens with zero attached hydrogens (tertiary/aromatic N) is 1. The number of thioether (sulfide) groups is 1. The van der Waals surface area contributed by atoms with Crippen LogP contribution in [0.15, 0.2) is 30.3 Å². The molecule has 0 spiro atoms. The largest absolute Gasteiger partial charge is 0.480 e. The monoisotopic (exact) mass is 352 g/mol. The van der Waals surface area contributed by atoms with Crippen LogP contribution in [0.3, 0.4) is 0 Å². The maximum atomic E-state index is 12.8. The van der Waals surface area contributed by atoms with Crippen LogP contribution >= 0.6 is 11.8 Å². The Bertz CT molecular complexity index is 610. The lowest BCUT2D eigenvalue weighted by Crippen LogP contribution is -2.52. The molecule has 0 aromatic heterocycles. The molecule has 2 amide bonds. The molecule has 1 saturated heterocycles. The highest BCUT2D eigenvalue weighted by Crippen LogP contribution is 2.41. The zero-order valence-corrected chi connectivity index (χ0v) is 14.3. The number of hydrogen-bond donors (Lipinski definition) is 2. The van der Waals surface area contributed by atoms with Gasteiger partial charge in [0.15, 0.2) is 0 Å². The van der Waals surface area contributed by atoms with Crippen LogP contribution in [0.25, 0.3) is 0 Å². The Kier molecular flexibility index (Phi) is 6.22. The quantitative estimate of drug-likeness (QED) is 0.788. The van der Waals surface area contributed by atoms with Crippen molar-refractivity contribution in [3.05, 3.63) is 35.9 Å². The summed E-state index contributed by atoms with van der Waals surface area (Å²) >= 11 is 1.40. The van der Waals surface area contributed by atoms with E-state index in [0.717, 1.165) is 5.56 Å². The molecular weight excluding hydrogens is 332 g/mol. The van der Waals surface area contributed by atoms with Crippen LogP contribution in [0.2, 0.25) is 0 Å². The summed E-state index contributed by atoms with van der Waals surface area (Å²) in [5, 5.41) is 11.6. The first-order valence-electron chi connectivity index (χ1n) is 7.45. The van der Waals surface area contributed by atoms with Gasteiger partial charge in [-0.05, 0) is 12.5 Å². The number of methoxy groups -OCH3 is 1. The van der Waals surface area contributed by atoms with E-state index in [-0.39, 0.29) is 12.0 Å². The third-order valence-corrected chi connectivity index (χ3v) is 4.97. The molecule has 1 aromatic rings. The fourth-order valence-corrected chi connectivity index (χ4v) is 3.97. The highest BCUT2D eigenvalue weighted by molar-refractivity contribution is 7.99. The minimum atomic E-state index is -1.05. The molecule has 0 bridgehead atoms. The maximum Gasteiger partial charge on any atom is 0.327 e. The van der Waals surface area contributed by atoms with Gasteiger partial charge in [-0.15, -0.1) is 11.8 Å². The van der Waals surface area contributed by atoms with E-state index in [1.807, 2.05) is 30.3 Å². The molecule has 1 heterocycles.